The number of carbonyl (C=O) groups excluding carboxylic acids is 1. The van der Waals surface area contributed by atoms with Crippen LogP contribution in [0.4, 0.5) is 0 Å². The first-order chi connectivity index (χ1) is 7.20. The number of rotatable bonds is 6. The third-order valence-corrected chi connectivity index (χ3v) is 2.71. The van der Waals surface area contributed by atoms with Gasteiger partial charge in [-0.05, 0) is 20.3 Å². The second kappa shape index (κ2) is 6.08. The summed E-state index contributed by atoms with van der Waals surface area (Å²) in [7, 11) is 0. The Morgan fingerprint density at radius 3 is 2.80 bits per heavy atom. The molecule has 0 aromatic carbocycles. The molecule has 1 amide bonds. The second-order valence-electron chi connectivity index (χ2n) is 3.92. The molecule has 4 nitrogen and oxygen atoms in total. The van der Waals surface area contributed by atoms with Crippen LogP contribution in [0.3, 0.4) is 0 Å². The zero-order valence-electron chi connectivity index (χ0n) is 9.95. The molecule has 1 saturated heterocycles. The van der Waals surface area contributed by atoms with E-state index in [0.29, 0.717) is 19.8 Å². The molecule has 0 aromatic rings. The molecule has 0 spiro atoms. The number of hydrogen-bond acceptors (Lipinski definition) is 3. The SMILES string of the molecule is CCCC1NC(C)C(=O)N1CCOCC. The number of amides is 1. The molecule has 0 radical (unpaired) electrons. The largest absolute Gasteiger partial charge is 0.380 e. The lowest BCUT2D eigenvalue weighted by Crippen LogP contribution is -2.39. The molecule has 0 bridgehead atoms. The van der Waals surface area contributed by atoms with Gasteiger partial charge in [-0.2, -0.15) is 0 Å². The van der Waals surface area contributed by atoms with Crippen molar-refractivity contribution >= 4 is 5.91 Å². The fourth-order valence-corrected chi connectivity index (χ4v) is 1.94. The predicted molar refractivity (Wildman–Crippen MR) is 59.5 cm³/mol. The molecule has 1 aliphatic heterocycles. The molecule has 1 N–H and O–H groups in total. The Morgan fingerprint density at radius 2 is 2.20 bits per heavy atom. The minimum Gasteiger partial charge on any atom is -0.380 e. The van der Waals surface area contributed by atoms with Crippen LogP contribution >= 0.6 is 0 Å². The lowest BCUT2D eigenvalue weighted by molar-refractivity contribution is -0.130. The van der Waals surface area contributed by atoms with Crippen molar-refractivity contribution in [1.82, 2.24) is 10.2 Å². The van der Waals surface area contributed by atoms with Gasteiger partial charge in [0.2, 0.25) is 5.91 Å². The van der Waals surface area contributed by atoms with Crippen molar-refractivity contribution in [1.29, 1.82) is 0 Å². The highest BCUT2D eigenvalue weighted by molar-refractivity contribution is 5.83. The van der Waals surface area contributed by atoms with Crippen LogP contribution in [0.15, 0.2) is 0 Å². The topological polar surface area (TPSA) is 41.6 Å². The zero-order valence-corrected chi connectivity index (χ0v) is 9.95. The zero-order chi connectivity index (χ0) is 11.3. The first kappa shape index (κ1) is 12.5. The summed E-state index contributed by atoms with van der Waals surface area (Å²) in [5, 5.41) is 3.30. The molecule has 1 aliphatic rings. The maximum Gasteiger partial charge on any atom is 0.240 e. The monoisotopic (exact) mass is 214 g/mol. The van der Waals surface area contributed by atoms with Crippen molar-refractivity contribution in [2.75, 3.05) is 19.8 Å². The highest BCUT2D eigenvalue weighted by Crippen LogP contribution is 2.14. The normalized spacial score (nSPS) is 26.3. The van der Waals surface area contributed by atoms with Gasteiger partial charge in [0.05, 0.1) is 18.8 Å². The lowest BCUT2D eigenvalue weighted by atomic mass is 10.2. The van der Waals surface area contributed by atoms with E-state index in [0.717, 1.165) is 12.8 Å². The summed E-state index contributed by atoms with van der Waals surface area (Å²) >= 11 is 0. The van der Waals surface area contributed by atoms with E-state index in [1.807, 2.05) is 18.7 Å². The predicted octanol–water partition coefficient (Wildman–Crippen LogP) is 0.969. The van der Waals surface area contributed by atoms with Gasteiger partial charge in [0.1, 0.15) is 0 Å². The van der Waals surface area contributed by atoms with Crippen molar-refractivity contribution in [3.63, 3.8) is 0 Å². The third kappa shape index (κ3) is 3.18. The van der Waals surface area contributed by atoms with E-state index in [4.69, 9.17) is 4.74 Å². The molecule has 0 saturated carbocycles. The number of nitrogens with zero attached hydrogens (tertiary/aromatic N) is 1. The highest BCUT2D eigenvalue weighted by atomic mass is 16.5. The molecule has 15 heavy (non-hydrogen) atoms. The van der Waals surface area contributed by atoms with Gasteiger partial charge in [-0.1, -0.05) is 13.3 Å². The number of nitrogens with one attached hydrogen (secondary N) is 1. The van der Waals surface area contributed by atoms with Gasteiger partial charge in [0, 0.05) is 13.2 Å². The summed E-state index contributed by atoms with van der Waals surface area (Å²) < 4.78 is 5.28. The van der Waals surface area contributed by atoms with Gasteiger partial charge in [-0.25, -0.2) is 0 Å². The first-order valence-corrected chi connectivity index (χ1v) is 5.85. The van der Waals surface area contributed by atoms with Gasteiger partial charge in [0.25, 0.3) is 0 Å². The molecule has 88 valence electrons. The average Bonchev–Trinajstić information content (AvgIpc) is 2.47. The van der Waals surface area contributed by atoms with Crippen LogP contribution in [0.5, 0.6) is 0 Å². The van der Waals surface area contributed by atoms with Gasteiger partial charge >= 0.3 is 0 Å². The standard InChI is InChI=1S/C11H22N2O2/c1-4-6-10-12-9(3)11(14)13(10)7-8-15-5-2/h9-10,12H,4-8H2,1-3H3. The molecule has 1 heterocycles. The molecule has 1 fully saturated rings. The average molecular weight is 214 g/mol. The van der Waals surface area contributed by atoms with Gasteiger partial charge < -0.3 is 9.64 Å². The fourth-order valence-electron chi connectivity index (χ4n) is 1.94. The number of carbonyl (C=O) groups is 1. The summed E-state index contributed by atoms with van der Waals surface area (Å²) in [6, 6.07) is -0.0387. The van der Waals surface area contributed by atoms with E-state index in [1.54, 1.807) is 0 Å². The lowest BCUT2D eigenvalue weighted by Gasteiger charge is -2.23. The molecule has 1 rings (SSSR count). The Labute approximate surface area is 92.0 Å². The van der Waals surface area contributed by atoms with E-state index in [9.17, 15) is 4.79 Å². The molecule has 2 unspecified atom stereocenters. The van der Waals surface area contributed by atoms with Crippen molar-refractivity contribution in [3.05, 3.63) is 0 Å². The Hall–Kier alpha value is -0.610. The van der Waals surface area contributed by atoms with Crippen LogP contribution in [0.1, 0.15) is 33.6 Å². The molecule has 2 atom stereocenters. The van der Waals surface area contributed by atoms with E-state index < -0.39 is 0 Å². The summed E-state index contributed by atoms with van der Waals surface area (Å²) in [5.41, 5.74) is 0. The van der Waals surface area contributed by atoms with Gasteiger partial charge in [0.15, 0.2) is 0 Å². The third-order valence-electron chi connectivity index (χ3n) is 2.71. The molecule has 4 heteroatoms. The van der Waals surface area contributed by atoms with E-state index in [1.165, 1.54) is 0 Å². The van der Waals surface area contributed by atoms with Crippen molar-refractivity contribution < 1.29 is 9.53 Å². The first-order valence-electron chi connectivity index (χ1n) is 5.85. The summed E-state index contributed by atoms with van der Waals surface area (Å²) in [4.78, 5) is 13.7. The number of hydrogen-bond donors (Lipinski definition) is 1. The van der Waals surface area contributed by atoms with Gasteiger partial charge in [-0.3, -0.25) is 10.1 Å². The Morgan fingerprint density at radius 1 is 1.47 bits per heavy atom. The smallest absolute Gasteiger partial charge is 0.240 e. The molecule has 0 aliphatic carbocycles. The van der Waals surface area contributed by atoms with Crippen LogP contribution in [0.2, 0.25) is 0 Å². The Balaban J connectivity index is 2.45. The second-order valence-corrected chi connectivity index (χ2v) is 3.92. The van der Waals surface area contributed by atoms with Crippen LogP contribution < -0.4 is 5.32 Å². The quantitative estimate of drug-likeness (QED) is 0.670. The minimum atomic E-state index is -0.0387. The Kier molecular flexibility index (Phi) is 5.05. The van der Waals surface area contributed by atoms with Gasteiger partial charge in [-0.15, -0.1) is 0 Å². The van der Waals surface area contributed by atoms with E-state index >= 15 is 0 Å². The van der Waals surface area contributed by atoms with Crippen molar-refractivity contribution in [2.24, 2.45) is 0 Å². The van der Waals surface area contributed by atoms with E-state index in [-0.39, 0.29) is 18.1 Å². The van der Waals surface area contributed by atoms with E-state index in [2.05, 4.69) is 12.2 Å². The maximum atomic E-state index is 11.8. The number of ether oxygens (including phenoxy) is 1. The van der Waals surface area contributed by atoms with Crippen molar-refractivity contribution in [3.8, 4) is 0 Å². The molecule has 0 aromatic heterocycles. The molecular formula is C11H22N2O2. The summed E-state index contributed by atoms with van der Waals surface area (Å²) in [6.07, 6.45) is 2.31. The van der Waals surface area contributed by atoms with Crippen LogP contribution in [0.25, 0.3) is 0 Å². The molecular weight excluding hydrogens is 192 g/mol. The summed E-state index contributed by atoms with van der Waals surface area (Å²) in [6.45, 7) is 8.08. The maximum absolute atomic E-state index is 11.8. The van der Waals surface area contributed by atoms with Crippen molar-refractivity contribution in [2.45, 2.75) is 45.8 Å². The fraction of sp³-hybridized carbons (Fsp3) is 0.909. The van der Waals surface area contributed by atoms with Crippen LogP contribution in [-0.2, 0) is 9.53 Å². The highest BCUT2D eigenvalue weighted by Gasteiger charge is 2.34. The Bertz CT molecular complexity index is 209. The van der Waals surface area contributed by atoms with Crippen LogP contribution in [0, 0.1) is 0 Å². The van der Waals surface area contributed by atoms with Crippen LogP contribution in [-0.4, -0.2) is 42.8 Å². The minimum absolute atomic E-state index is 0.0387. The summed E-state index contributed by atoms with van der Waals surface area (Å²) in [5.74, 6) is 0.202.